The summed E-state index contributed by atoms with van der Waals surface area (Å²) < 4.78 is 1.51. The summed E-state index contributed by atoms with van der Waals surface area (Å²) in [4.78, 5) is 30.0. The van der Waals surface area contributed by atoms with Crippen LogP contribution in [0.4, 0.5) is 0 Å². The topological polar surface area (TPSA) is 96.6 Å². The van der Waals surface area contributed by atoms with Gasteiger partial charge in [0.05, 0.1) is 28.6 Å². The van der Waals surface area contributed by atoms with Gasteiger partial charge < -0.3 is 5.11 Å². The second kappa shape index (κ2) is 9.27. The van der Waals surface area contributed by atoms with Crippen LogP contribution < -0.4 is 11.0 Å². The Labute approximate surface area is 182 Å². The molecule has 1 amide bonds. The number of aromatic nitrogens is 2. The van der Waals surface area contributed by atoms with E-state index in [1.807, 2.05) is 36.4 Å². The highest BCUT2D eigenvalue weighted by atomic mass is 32.2. The third-order valence-electron chi connectivity index (χ3n) is 4.39. The fourth-order valence-electron chi connectivity index (χ4n) is 2.92. The van der Waals surface area contributed by atoms with Crippen molar-refractivity contribution in [3.8, 4) is 11.4 Å². The first-order chi connectivity index (χ1) is 15.1. The van der Waals surface area contributed by atoms with Crippen LogP contribution >= 0.6 is 11.8 Å². The van der Waals surface area contributed by atoms with E-state index in [1.165, 1.54) is 22.9 Å². The monoisotopic (exact) mass is 430 g/mol. The molecule has 7 nitrogen and oxygen atoms in total. The van der Waals surface area contributed by atoms with Gasteiger partial charge >= 0.3 is 0 Å². The van der Waals surface area contributed by atoms with E-state index in [-0.39, 0.29) is 23.0 Å². The van der Waals surface area contributed by atoms with E-state index in [0.717, 1.165) is 17.3 Å². The molecule has 0 atom stereocenters. The van der Waals surface area contributed by atoms with Crippen LogP contribution in [0.5, 0.6) is 5.75 Å². The first kappa shape index (κ1) is 20.4. The minimum Gasteiger partial charge on any atom is -0.508 e. The van der Waals surface area contributed by atoms with Gasteiger partial charge in [0.15, 0.2) is 5.16 Å². The zero-order chi connectivity index (χ0) is 21.6. The summed E-state index contributed by atoms with van der Waals surface area (Å²) >= 11 is 1.16. The summed E-state index contributed by atoms with van der Waals surface area (Å²) in [5.41, 5.74) is 4.26. The van der Waals surface area contributed by atoms with Crippen LogP contribution in [0.15, 0.2) is 93.9 Å². The number of nitrogens with one attached hydrogen (secondary N) is 1. The lowest BCUT2D eigenvalue weighted by molar-refractivity contribution is -0.118. The van der Waals surface area contributed by atoms with E-state index in [4.69, 9.17) is 0 Å². The standard InChI is InChI=1S/C23H18N4O3S/c28-18-12-10-16(11-13-18)14-24-26-21(29)15-31-23-25-20-9-5-4-8-19(20)22(30)27(23)17-6-2-1-3-7-17/h1-14,28H,15H2,(H,26,29). The number of hydrazone groups is 1. The van der Waals surface area contributed by atoms with Crippen molar-refractivity contribution in [1.29, 1.82) is 0 Å². The molecule has 0 aliphatic rings. The molecule has 0 bridgehead atoms. The Morgan fingerprint density at radius 2 is 1.74 bits per heavy atom. The van der Waals surface area contributed by atoms with Crippen LogP contribution in [-0.2, 0) is 4.79 Å². The fraction of sp³-hybridized carbons (Fsp3) is 0.0435. The lowest BCUT2D eigenvalue weighted by Gasteiger charge is -2.12. The van der Waals surface area contributed by atoms with Gasteiger partial charge in [-0.3, -0.25) is 14.2 Å². The number of fused-ring (bicyclic) bond motifs is 1. The molecule has 0 saturated carbocycles. The minimum atomic E-state index is -0.331. The predicted octanol–water partition coefficient (Wildman–Crippen LogP) is 3.33. The molecule has 8 heteroatoms. The second-order valence-electron chi connectivity index (χ2n) is 6.56. The normalized spacial score (nSPS) is 11.1. The molecule has 1 heterocycles. The number of carbonyl (C=O) groups excluding carboxylic acids is 1. The smallest absolute Gasteiger partial charge is 0.266 e. The zero-order valence-electron chi connectivity index (χ0n) is 16.3. The summed E-state index contributed by atoms with van der Waals surface area (Å²) in [7, 11) is 0. The van der Waals surface area contributed by atoms with E-state index in [1.54, 1.807) is 30.3 Å². The molecule has 4 aromatic rings. The fourth-order valence-corrected chi connectivity index (χ4v) is 3.72. The van der Waals surface area contributed by atoms with E-state index in [2.05, 4.69) is 15.5 Å². The van der Waals surface area contributed by atoms with Crippen molar-refractivity contribution in [2.24, 2.45) is 5.10 Å². The summed E-state index contributed by atoms with van der Waals surface area (Å²) in [6.45, 7) is 0. The molecule has 31 heavy (non-hydrogen) atoms. The van der Waals surface area contributed by atoms with Crippen LogP contribution in [0.2, 0.25) is 0 Å². The minimum absolute atomic E-state index is 0.0323. The van der Waals surface area contributed by atoms with Crippen molar-refractivity contribution in [2.45, 2.75) is 5.16 Å². The second-order valence-corrected chi connectivity index (χ2v) is 7.50. The molecule has 0 radical (unpaired) electrons. The van der Waals surface area contributed by atoms with Gasteiger partial charge in [-0.2, -0.15) is 5.10 Å². The molecule has 0 aliphatic heterocycles. The molecular weight excluding hydrogens is 412 g/mol. The quantitative estimate of drug-likeness (QED) is 0.212. The maximum absolute atomic E-state index is 13.1. The third kappa shape index (κ3) is 4.81. The number of carbonyl (C=O) groups is 1. The molecule has 3 aromatic carbocycles. The van der Waals surface area contributed by atoms with E-state index >= 15 is 0 Å². The number of benzene rings is 3. The van der Waals surface area contributed by atoms with Crippen molar-refractivity contribution < 1.29 is 9.90 Å². The van der Waals surface area contributed by atoms with Gasteiger partial charge in [0.2, 0.25) is 0 Å². The number of para-hydroxylation sites is 2. The Bertz CT molecular complexity index is 1300. The van der Waals surface area contributed by atoms with Crippen LogP contribution in [-0.4, -0.2) is 32.5 Å². The predicted molar refractivity (Wildman–Crippen MR) is 122 cm³/mol. The number of rotatable bonds is 6. The lowest BCUT2D eigenvalue weighted by atomic mass is 10.2. The first-order valence-electron chi connectivity index (χ1n) is 9.43. The molecular formula is C23H18N4O3S. The Morgan fingerprint density at radius 3 is 2.52 bits per heavy atom. The maximum Gasteiger partial charge on any atom is 0.266 e. The molecule has 0 unspecified atom stereocenters. The summed E-state index contributed by atoms with van der Waals surface area (Å²) in [5.74, 6) is -0.142. The average molecular weight is 430 g/mol. The molecule has 0 fully saturated rings. The Morgan fingerprint density at radius 1 is 1.03 bits per heavy atom. The molecule has 1 aromatic heterocycles. The largest absolute Gasteiger partial charge is 0.508 e. The molecule has 0 aliphatic carbocycles. The Balaban J connectivity index is 1.54. The summed E-state index contributed by atoms with van der Waals surface area (Å²) in [5, 5.41) is 14.2. The van der Waals surface area contributed by atoms with Crippen LogP contribution in [0, 0.1) is 0 Å². The van der Waals surface area contributed by atoms with Gasteiger partial charge in [0.1, 0.15) is 5.75 Å². The number of nitrogens with zero attached hydrogens (tertiary/aromatic N) is 3. The van der Waals surface area contributed by atoms with Gasteiger partial charge in [0, 0.05) is 0 Å². The highest BCUT2D eigenvalue weighted by Gasteiger charge is 2.14. The SMILES string of the molecule is O=C(CSc1nc2ccccc2c(=O)n1-c1ccccc1)NN=Cc1ccc(O)cc1. The number of amides is 1. The molecule has 4 rings (SSSR count). The van der Waals surface area contributed by atoms with Gasteiger partial charge in [-0.1, -0.05) is 42.1 Å². The number of hydrogen-bond acceptors (Lipinski definition) is 6. The maximum atomic E-state index is 13.1. The number of hydrogen-bond donors (Lipinski definition) is 2. The first-order valence-corrected chi connectivity index (χ1v) is 10.4. The Hall–Kier alpha value is -3.91. The van der Waals surface area contributed by atoms with Gasteiger partial charge in [0.25, 0.3) is 11.5 Å². The number of phenolic OH excluding ortho intramolecular Hbond substituents is 1. The van der Waals surface area contributed by atoms with Crippen molar-refractivity contribution in [2.75, 3.05) is 5.75 Å². The van der Waals surface area contributed by atoms with Gasteiger partial charge in [-0.05, 0) is 54.1 Å². The molecule has 154 valence electrons. The van der Waals surface area contributed by atoms with E-state index in [9.17, 15) is 14.7 Å². The van der Waals surface area contributed by atoms with Crippen molar-refractivity contribution in [3.05, 3.63) is 94.8 Å². The highest BCUT2D eigenvalue weighted by Crippen LogP contribution is 2.21. The molecule has 0 saturated heterocycles. The zero-order valence-corrected chi connectivity index (χ0v) is 17.1. The summed E-state index contributed by atoms with van der Waals surface area (Å²) in [6.07, 6.45) is 1.48. The van der Waals surface area contributed by atoms with Crippen LogP contribution in [0.3, 0.4) is 0 Å². The molecule has 2 N–H and O–H groups in total. The number of aromatic hydroxyl groups is 1. The highest BCUT2D eigenvalue weighted by molar-refractivity contribution is 7.99. The number of phenols is 1. The van der Waals surface area contributed by atoms with Gasteiger partial charge in [-0.25, -0.2) is 10.4 Å². The number of thioether (sulfide) groups is 1. The van der Waals surface area contributed by atoms with Crippen LogP contribution in [0.1, 0.15) is 5.56 Å². The van der Waals surface area contributed by atoms with E-state index in [0.29, 0.717) is 21.7 Å². The van der Waals surface area contributed by atoms with Crippen molar-refractivity contribution in [1.82, 2.24) is 15.0 Å². The molecule has 0 spiro atoms. The van der Waals surface area contributed by atoms with Crippen LogP contribution in [0.25, 0.3) is 16.6 Å². The van der Waals surface area contributed by atoms with Crippen molar-refractivity contribution in [3.63, 3.8) is 0 Å². The summed E-state index contributed by atoms with van der Waals surface area (Å²) in [6, 6.07) is 22.8. The Kier molecular flexibility index (Phi) is 6.09. The lowest BCUT2D eigenvalue weighted by Crippen LogP contribution is -2.24. The average Bonchev–Trinajstić information content (AvgIpc) is 2.80. The third-order valence-corrected chi connectivity index (χ3v) is 5.33. The van der Waals surface area contributed by atoms with Crippen molar-refractivity contribution >= 4 is 34.8 Å². The van der Waals surface area contributed by atoms with Gasteiger partial charge in [-0.15, -0.1) is 0 Å². The van der Waals surface area contributed by atoms with E-state index < -0.39 is 0 Å².